The minimum atomic E-state index is -1.05. The molecule has 2 rings (SSSR count). The van der Waals surface area contributed by atoms with Crippen LogP contribution in [0.25, 0.3) is 11.1 Å². The maximum absolute atomic E-state index is 10.9. The van der Waals surface area contributed by atoms with Crippen LogP contribution in [0.5, 0.6) is 5.75 Å². The zero-order valence-corrected chi connectivity index (χ0v) is 11.4. The molecule has 0 bridgehead atoms. The highest BCUT2D eigenvalue weighted by Crippen LogP contribution is 2.36. The van der Waals surface area contributed by atoms with Gasteiger partial charge in [0.05, 0.1) is 22.7 Å². The number of carbonyl (C=O) groups is 1. The minimum absolute atomic E-state index is 0.0838. The maximum Gasteiger partial charge on any atom is 0.337 e. The van der Waals surface area contributed by atoms with Crippen LogP contribution in [0.4, 0.5) is 0 Å². The molecule has 0 unspecified atom stereocenters. The van der Waals surface area contributed by atoms with Gasteiger partial charge in [-0.3, -0.25) is 4.98 Å². The Morgan fingerprint density at radius 2 is 1.95 bits per heavy atom. The molecule has 0 aliphatic rings. The van der Waals surface area contributed by atoms with Crippen molar-refractivity contribution in [1.29, 1.82) is 0 Å². The minimum Gasteiger partial charge on any atom is -0.495 e. The van der Waals surface area contributed by atoms with Gasteiger partial charge in [0, 0.05) is 29.6 Å². The third-order valence-corrected chi connectivity index (χ3v) is 3.15. The Morgan fingerprint density at radius 3 is 2.58 bits per heavy atom. The summed E-state index contributed by atoms with van der Waals surface area (Å²) in [5, 5.41) is 9.74. The lowest BCUT2D eigenvalue weighted by Gasteiger charge is -2.09. The van der Waals surface area contributed by atoms with Gasteiger partial charge in [0.25, 0.3) is 0 Å². The molecule has 1 aromatic heterocycles. The van der Waals surface area contributed by atoms with Crippen LogP contribution in [0.15, 0.2) is 30.6 Å². The molecule has 0 spiro atoms. The van der Waals surface area contributed by atoms with Gasteiger partial charge < -0.3 is 9.84 Å². The van der Waals surface area contributed by atoms with Crippen LogP contribution in [0, 0.1) is 0 Å². The molecule has 1 N–H and O–H groups in total. The summed E-state index contributed by atoms with van der Waals surface area (Å²) in [6.07, 6.45) is 2.79. The van der Waals surface area contributed by atoms with E-state index >= 15 is 0 Å². The lowest BCUT2D eigenvalue weighted by molar-refractivity contribution is 0.0696. The first kappa shape index (κ1) is 13.6. The van der Waals surface area contributed by atoms with E-state index in [1.54, 1.807) is 12.1 Å². The van der Waals surface area contributed by atoms with Crippen LogP contribution in [0.3, 0.4) is 0 Å². The zero-order valence-electron chi connectivity index (χ0n) is 9.85. The summed E-state index contributed by atoms with van der Waals surface area (Å²) >= 11 is 12.2. The number of halogens is 2. The molecule has 1 heterocycles. The second-order valence-corrected chi connectivity index (χ2v) is 4.55. The summed E-state index contributed by atoms with van der Waals surface area (Å²) in [5.41, 5.74) is 1.26. The van der Waals surface area contributed by atoms with E-state index in [0.717, 1.165) is 0 Å². The Balaban J connectivity index is 2.56. The van der Waals surface area contributed by atoms with Crippen molar-refractivity contribution in [1.82, 2.24) is 4.98 Å². The highest BCUT2D eigenvalue weighted by atomic mass is 35.5. The second kappa shape index (κ2) is 5.47. The average Bonchev–Trinajstić information content (AvgIpc) is 2.41. The second-order valence-electron chi connectivity index (χ2n) is 3.73. The highest BCUT2D eigenvalue weighted by molar-refractivity contribution is 6.36. The number of aromatic carboxylic acids is 1. The van der Waals surface area contributed by atoms with E-state index in [9.17, 15) is 4.79 Å². The van der Waals surface area contributed by atoms with Crippen molar-refractivity contribution in [3.63, 3.8) is 0 Å². The molecule has 0 radical (unpaired) electrons. The molecule has 0 amide bonds. The molecule has 0 saturated heterocycles. The smallest absolute Gasteiger partial charge is 0.337 e. The van der Waals surface area contributed by atoms with E-state index in [1.807, 2.05) is 0 Å². The molecule has 0 aliphatic heterocycles. The van der Waals surface area contributed by atoms with Gasteiger partial charge in [-0.05, 0) is 12.1 Å². The fourth-order valence-corrected chi connectivity index (χ4v) is 2.11. The van der Waals surface area contributed by atoms with Crippen LogP contribution in [-0.4, -0.2) is 23.2 Å². The molecule has 2 aromatic rings. The number of rotatable bonds is 3. The van der Waals surface area contributed by atoms with Crippen molar-refractivity contribution in [2.24, 2.45) is 0 Å². The highest BCUT2D eigenvalue weighted by Gasteiger charge is 2.12. The third kappa shape index (κ3) is 2.80. The van der Waals surface area contributed by atoms with Crippen molar-refractivity contribution in [2.75, 3.05) is 7.11 Å². The predicted octanol–water partition coefficient (Wildman–Crippen LogP) is 3.76. The molecular weight excluding hydrogens is 289 g/mol. The first-order chi connectivity index (χ1) is 9.02. The molecular formula is C13H9Cl2NO3. The molecule has 19 heavy (non-hydrogen) atoms. The summed E-state index contributed by atoms with van der Waals surface area (Å²) < 4.78 is 5.05. The zero-order chi connectivity index (χ0) is 14.0. The fraction of sp³-hybridized carbons (Fsp3) is 0.0769. The summed E-state index contributed by atoms with van der Waals surface area (Å²) in [7, 11) is 1.49. The van der Waals surface area contributed by atoms with Crippen molar-refractivity contribution < 1.29 is 14.6 Å². The van der Waals surface area contributed by atoms with Gasteiger partial charge in [-0.25, -0.2) is 4.79 Å². The Labute approximate surface area is 119 Å². The first-order valence-corrected chi connectivity index (χ1v) is 6.00. The van der Waals surface area contributed by atoms with Crippen molar-refractivity contribution in [3.05, 3.63) is 46.2 Å². The monoisotopic (exact) mass is 297 g/mol. The number of benzene rings is 1. The Hall–Kier alpha value is -1.78. The summed E-state index contributed by atoms with van der Waals surface area (Å²) in [4.78, 5) is 14.8. The van der Waals surface area contributed by atoms with Crippen LogP contribution < -0.4 is 4.74 Å². The summed E-state index contributed by atoms with van der Waals surface area (Å²) in [6, 6.07) is 4.68. The van der Waals surface area contributed by atoms with Gasteiger partial charge in [0.2, 0.25) is 0 Å². The molecule has 98 valence electrons. The van der Waals surface area contributed by atoms with E-state index in [1.165, 1.54) is 25.6 Å². The van der Waals surface area contributed by atoms with Gasteiger partial charge in [-0.15, -0.1) is 0 Å². The largest absolute Gasteiger partial charge is 0.495 e. The lowest BCUT2D eigenvalue weighted by atomic mass is 10.1. The number of hydrogen-bond donors (Lipinski definition) is 1. The number of carboxylic acid groups (broad SMARTS) is 1. The number of ether oxygens (including phenoxy) is 1. The molecule has 0 atom stereocenters. The van der Waals surface area contributed by atoms with E-state index in [2.05, 4.69) is 4.98 Å². The first-order valence-electron chi connectivity index (χ1n) is 5.24. The third-order valence-electron chi connectivity index (χ3n) is 2.54. The van der Waals surface area contributed by atoms with E-state index in [-0.39, 0.29) is 5.56 Å². The quantitative estimate of drug-likeness (QED) is 0.937. The van der Waals surface area contributed by atoms with Crippen LogP contribution >= 0.6 is 23.2 Å². The predicted molar refractivity (Wildman–Crippen MR) is 73.2 cm³/mol. The molecule has 1 aromatic carbocycles. The van der Waals surface area contributed by atoms with Gasteiger partial charge >= 0.3 is 5.97 Å². The van der Waals surface area contributed by atoms with Crippen LogP contribution in [-0.2, 0) is 0 Å². The Bertz CT molecular complexity index is 644. The van der Waals surface area contributed by atoms with Gasteiger partial charge in [-0.1, -0.05) is 23.2 Å². The fourth-order valence-electron chi connectivity index (χ4n) is 1.61. The number of methoxy groups -OCH3 is 1. The number of carboxylic acids is 1. The van der Waals surface area contributed by atoms with E-state index in [0.29, 0.717) is 26.9 Å². The van der Waals surface area contributed by atoms with Gasteiger partial charge in [0.15, 0.2) is 0 Å². The lowest BCUT2D eigenvalue weighted by Crippen LogP contribution is -1.97. The number of pyridine rings is 1. The van der Waals surface area contributed by atoms with Crippen LogP contribution in [0.1, 0.15) is 10.4 Å². The molecule has 0 aliphatic carbocycles. The van der Waals surface area contributed by atoms with E-state index < -0.39 is 5.97 Å². The summed E-state index contributed by atoms with van der Waals surface area (Å²) in [5.74, 6) is -0.595. The van der Waals surface area contributed by atoms with Crippen molar-refractivity contribution in [2.45, 2.75) is 0 Å². The Kier molecular flexibility index (Phi) is 3.93. The normalized spacial score (nSPS) is 10.3. The van der Waals surface area contributed by atoms with Crippen molar-refractivity contribution >= 4 is 29.2 Å². The summed E-state index contributed by atoms with van der Waals surface area (Å²) in [6.45, 7) is 0. The number of hydrogen-bond acceptors (Lipinski definition) is 3. The molecule has 0 saturated carbocycles. The Morgan fingerprint density at radius 1 is 1.21 bits per heavy atom. The maximum atomic E-state index is 10.9. The molecule has 6 heteroatoms. The molecule has 4 nitrogen and oxygen atoms in total. The van der Waals surface area contributed by atoms with Gasteiger partial charge in [0.1, 0.15) is 5.75 Å². The standard InChI is InChI=1S/C13H9Cl2NO3/c1-19-12-4-10(14)9(3-11(12)15)7-2-8(13(17)18)6-16-5-7/h2-6H,1H3,(H,17,18). The van der Waals surface area contributed by atoms with Crippen molar-refractivity contribution in [3.8, 4) is 16.9 Å². The van der Waals surface area contributed by atoms with Crippen LogP contribution in [0.2, 0.25) is 10.0 Å². The number of nitrogens with zero attached hydrogens (tertiary/aromatic N) is 1. The average molecular weight is 298 g/mol. The SMILES string of the molecule is COc1cc(Cl)c(-c2cncc(C(=O)O)c2)cc1Cl. The number of aromatic nitrogens is 1. The van der Waals surface area contributed by atoms with E-state index in [4.69, 9.17) is 33.0 Å². The topological polar surface area (TPSA) is 59.4 Å². The van der Waals surface area contributed by atoms with Gasteiger partial charge in [-0.2, -0.15) is 0 Å². The molecule has 0 fully saturated rings.